The Morgan fingerprint density at radius 3 is 2.88 bits per heavy atom. The van der Waals surface area contributed by atoms with Crippen LogP contribution in [-0.4, -0.2) is 24.5 Å². The number of para-hydroxylation sites is 2. The van der Waals surface area contributed by atoms with Crippen molar-refractivity contribution in [1.29, 1.82) is 0 Å². The monoisotopic (exact) mass is 324 g/mol. The average molecular weight is 324 g/mol. The summed E-state index contributed by atoms with van der Waals surface area (Å²) in [6, 6.07) is 12.2. The van der Waals surface area contributed by atoms with Crippen LogP contribution in [0.5, 0.6) is 11.5 Å². The molecule has 0 aromatic heterocycles. The van der Waals surface area contributed by atoms with Gasteiger partial charge in [0.2, 0.25) is 0 Å². The van der Waals surface area contributed by atoms with E-state index in [0.29, 0.717) is 35.0 Å². The van der Waals surface area contributed by atoms with Crippen LogP contribution in [0.25, 0.3) is 0 Å². The third-order valence-corrected chi connectivity index (χ3v) is 4.07. The van der Waals surface area contributed by atoms with Crippen molar-refractivity contribution in [3.63, 3.8) is 0 Å². The highest BCUT2D eigenvalue weighted by molar-refractivity contribution is 6.09. The number of carbonyl (C=O) groups is 2. The van der Waals surface area contributed by atoms with E-state index in [1.54, 1.807) is 30.3 Å². The summed E-state index contributed by atoms with van der Waals surface area (Å²) in [5, 5.41) is 5.61. The average Bonchev–Trinajstić information content (AvgIpc) is 3.08. The van der Waals surface area contributed by atoms with E-state index in [9.17, 15) is 9.59 Å². The molecule has 6 heteroatoms. The number of nitrogens with one attached hydrogen (secondary N) is 2. The molecule has 1 unspecified atom stereocenters. The maximum atomic E-state index is 12.4. The van der Waals surface area contributed by atoms with E-state index in [-0.39, 0.29) is 11.8 Å². The number of hydrogen-bond donors (Lipinski definition) is 2. The maximum Gasteiger partial charge on any atom is 0.259 e. The lowest BCUT2D eigenvalue weighted by Crippen LogP contribution is -2.27. The minimum atomic E-state index is -0.418. The van der Waals surface area contributed by atoms with Crippen molar-refractivity contribution in [3.8, 4) is 11.5 Å². The normalized spacial score (nSPS) is 18.7. The molecule has 2 aliphatic heterocycles. The molecule has 1 saturated heterocycles. The van der Waals surface area contributed by atoms with Crippen molar-refractivity contribution in [2.75, 3.05) is 17.2 Å². The molecule has 6 nitrogen and oxygen atoms in total. The third-order valence-electron chi connectivity index (χ3n) is 4.07. The summed E-state index contributed by atoms with van der Waals surface area (Å²) >= 11 is 0. The van der Waals surface area contributed by atoms with Crippen LogP contribution >= 0.6 is 0 Å². The van der Waals surface area contributed by atoms with Gasteiger partial charge in [-0.05, 0) is 43.2 Å². The van der Waals surface area contributed by atoms with Gasteiger partial charge in [0.1, 0.15) is 11.9 Å². The second kappa shape index (κ2) is 5.98. The molecule has 1 atom stereocenters. The van der Waals surface area contributed by atoms with Gasteiger partial charge >= 0.3 is 0 Å². The largest absolute Gasteiger partial charge is 0.454 e. The SMILES string of the molecule is O=C1Nc2ccccc2Oc2ccc(NC(=O)C3CCCO3)cc21. The molecule has 2 N–H and O–H groups in total. The second-order valence-electron chi connectivity index (χ2n) is 5.75. The molecule has 1 fully saturated rings. The number of amides is 2. The molecule has 0 spiro atoms. The highest BCUT2D eigenvalue weighted by Crippen LogP contribution is 2.36. The summed E-state index contributed by atoms with van der Waals surface area (Å²) in [7, 11) is 0. The van der Waals surface area contributed by atoms with Crippen LogP contribution in [0.1, 0.15) is 23.2 Å². The first kappa shape index (κ1) is 14.7. The Bertz CT molecular complexity index is 812. The van der Waals surface area contributed by atoms with Crippen molar-refractivity contribution >= 4 is 23.2 Å². The third kappa shape index (κ3) is 2.72. The number of ether oxygens (including phenoxy) is 2. The Morgan fingerprint density at radius 1 is 1.17 bits per heavy atom. The molecule has 2 aliphatic rings. The summed E-state index contributed by atoms with van der Waals surface area (Å²) in [5.41, 5.74) is 1.53. The lowest BCUT2D eigenvalue weighted by atomic mass is 10.1. The molecular weight excluding hydrogens is 308 g/mol. The summed E-state index contributed by atoms with van der Waals surface area (Å²) < 4.78 is 11.2. The van der Waals surface area contributed by atoms with Crippen molar-refractivity contribution in [2.24, 2.45) is 0 Å². The van der Waals surface area contributed by atoms with Crippen LogP contribution < -0.4 is 15.4 Å². The predicted molar refractivity (Wildman–Crippen MR) is 88.5 cm³/mol. The Hall–Kier alpha value is -2.86. The van der Waals surface area contributed by atoms with E-state index >= 15 is 0 Å². The lowest BCUT2D eigenvalue weighted by Gasteiger charge is -2.12. The molecule has 0 aliphatic carbocycles. The molecule has 0 bridgehead atoms. The first-order valence-electron chi connectivity index (χ1n) is 7.85. The van der Waals surface area contributed by atoms with Gasteiger partial charge in [-0.25, -0.2) is 0 Å². The zero-order chi connectivity index (χ0) is 16.5. The summed E-state index contributed by atoms with van der Waals surface area (Å²) in [6.07, 6.45) is 1.19. The first-order chi connectivity index (χ1) is 11.7. The van der Waals surface area contributed by atoms with E-state index in [1.807, 2.05) is 12.1 Å². The number of fused-ring (bicyclic) bond motifs is 2. The Balaban J connectivity index is 1.60. The van der Waals surface area contributed by atoms with Gasteiger partial charge < -0.3 is 20.1 Å². The van der Waals surface area contributed by atoms with E-state index in [1.165, 1.54) is 0 Å². The van der Waals surface area contributed by atoms with Crippen molar-refractivity contribution in [2.45, 2.75) is 18.9 Å². The molecule has 122 valence electrons. The molecule has 0 radical (unpaired) electrons. The highest BCUT2D eigenvalue weighted by atomic mass is 16.5. The van der Waals surface area contributed by atoms with E-state index < -0.39 is 6.10 Å². The van der Waals surface area contributed by atoms with Gasteiger partial charge in [-0.3, -0.25) is 9.59 Å². The molecule has 2 aromatic rings. The predicted octanol–water partition coefficient (Wildman–Crippen LogP) is 3.16. The second-order valence-corrected chi connectivity index (χ2v) is 5.75. The van der Waals surface area contributed by atoms with Gasteiger partial charge in [0.25, 0.3) is 11.8 Å². The number of anilines is 2. The Morgan fingerprint density at radius 2 is 2.04 bits per heavy atom. The number of hydrogen-bond acceptors (Lipinski definition) is 4. The topological polar surface area (TPSA) is 76.7 Å². The van der Waals surface area contributed by atoms with Crippen LogP contribution in [0.3, 0.4) is 0 Å². The minimum absolute atomic E-state index is 0.189. The molecule has 0 saturated carbocycles. The zero-order valence-electron chi connectivity index (χ0n) is 12.9. The smallest absolute Gasteiger partial charge is 0.259 e. The van der Waals surface area contributed by atoms with E-state index in [2.05, 4.69) is 10.6 Å². The molecule has 4 rings (SSSR count). The van der Waals surface area contributed by atoms with Crippen LogP contribution in [0.4, 0.5) is 11.4 Å². The number of benzene rings is 2. The summed E-state index contributed by atoms with van der Waals surface area (Å²) in [4.78, 5) is 24.6. The van der Waals surface area contributed by atoms with Gasteiger partial charge in [-0.2, -0.15) is 0 Å². The molecule has 24 heavy (non-hydrogen) atoms. The number of rotatable bonds is 2. The fraction of sp³-hybridized carbons (Fsp3) is 0.222. The maximum absolute atomic E-state index is 12.4. The van der Waals surface area contributed by atoms with Gasteiger partial charge in [0.15, 0.2) is 5.75 Å². The fourth-order valence-corrected chi connectivity index (χ4v) is 2.85. The minimum Gasteiger partial charge on any atom is -0.454 e. The highest BCUT2D eigenvalue weighted by Gasteiger charge is 2.25. The van der Waals surface area contributed by atoms with Crippen molar-refractivity contribution < 1.29 is 19.1 Å². The van der Waals surface area contributed by atoms with Crippen molar-refractivity contribution in [3.05, 3.63) is 48.0 Å². The van der Waals surface area contributed by atoms with Gasteiger partial charge in [0, 0.05) is 12.3 Å². The van der Waals surface area contributed by atoms with Crippen LogP contribution in [0, 0.1) is 0 Å². The van der Waals surface area contributed by atoms with E-state index in [0.717, 1.165) is 12.8 Å². The van der Waals surface area contributed by atoms with Crippen molar-refractivity contribution in [1.82, 2.24) is 0 Å². The summed E-state index contributed by atoms with van der Waals surface area (Å²) in [5.74, 6) is 0.571. The molecule has 2 amide bonds. The van der Waals surface area contributed by atoms with Gasteiger partial charge in [0.05, 0.1) is 11.3 Å². The van der Waals surface area contributed by atoms with Gasteiger partial charge in [-0.15, -0.1) is 0 Å². The standard InChI is InChI=1S/C18H16N2O4/c21-17-12-10-11(19-18(22)16-6-3-9-23-16)7-8-14(12)24-15-5-2-1-4-13(15)20-17/h1-2,4-5,7-8,10,16H,3,6,9H2,(H,19,22)(H,20,21). The molecule has 2 aromatic carbocycles. The zero-order valence-corrected chi connectivity index (χ0v) is 12.9. The lowest BCUT2D eigenvalue weighted by molar-refractivity contribution is -0.124. The van der Waals surface area contributed by atoms with Gasteiger partial charge in [-0.1, -0.05) is 12.1 Å². The fourth-order valence-electron chi connectivity index (χ4n) is 2.85. The quantitative estimate of drug-likeness (QED) is 0.889. The Labute approximate surface area is 138 Å². The Kier molecular flexibility index (Phi) is 3.66. The number of carbonyl (C=O) groups excluding carboxylic acids is 2. The van der Waals surface area contributed by atoms with Crippen LogP contribution in [0.2, 0.25) is 0 Å². The van der Waals surface area contributed by atoms with Crippen LogP contribution in [0.15, 0.2) is 42.5 Å². The van der Waals surface area contributed by atoms with Crippen LogP contribution in [-0.2, 0) is 9.53 Å². The first-order valence-corrected chi connectivity index (χ1v) is 7.85. The molecular formula is C18H16N2O4. The summed E-state index contributed by atoms with van der Waals surface area (Å²) in [6.45, 7) is 0.608. The van der Waals surface area contributed by atoms with E-state index in [4.69, 9.17) is 9.47 Å². The molecule has 2 heterocycles.